The molecule has 0 radical (unpaired) electrons. The Bertz CT molecular complexity index is 373. The number of anilines is 1. The summed E-state index contributed by atoms with van der Waals surface area (Å²) in [5, 5.41) is 0. The molecule has 1 rings (SSSR count). The minimum atomic E-state index is 0.106. The fraction of sp³-hybridized carbons (Fsp3) is 0.533. The zero-order valence-corrected chi connectivity index (χ0v) is 11.9. The van der Waals surface area contributed by atoms with Gasteiger partial charge in [-0.2, -0.15) is 0 Å². The fourth-order valence-electron chi connectivity index (χ4n) is 1.76. The summed E-state index contributed by atoms with van der Waals surface area (Å²) >= 11 is 0. The van der Waals surface area contributed by atoms with Crippen molar-refractivity contribution in [1.29, 1.82) is 0 Å². The topological polar surface area (TPSA) is 23.6 Å². The molecule has 0 atom stereocenters. The zero-order valence-electron chi connectivity index (χ0n) is 11.9. The number of amides is 1. The van der Waals surface area contributed by atoms with Gasteiger partial charge in [-0.3, -0.25) is 4.79 Å². The van der Waals surface area contributed by atoms with Crippen LogP contribution >= 0.6 is 0 Å². The van der Waals surface area contributed by atoms with E-state index in [0.717, 1.165) is 37.2 Å². The quantitative estimate of drug-likeness (QED) is 0.772. The van der Waals surface area contributed by atoms with Crippen LogP contribution in [0.5, 0.6) is 0 Å². The van der Waals surface area contributed by atoms with Crippen molar-refractivity contribution in [3.63, 3.8) is 0 Å². The van der Waals surface area contributed by atoms with Gasteiger partial charge in [0.05, 0.1) is 0 Å². The number of carbonyl (C=O) groups is 1. The van der Waals surface area contributed by atoms with E-state index < -0.39 is 0 Å². The van der Waals surface area contributed by atoms with E-state index in [1.807, 2.05) is 38.4 Å². The lowest BCUT2D eigenvalue weighted by atomic mass is 10.1. The number of hydrogen-bond donors (Lipinski definition) is 0. The molecule has 0 aliphatic rings. The Morgan fingerprint density at radius 2 is 1.72 bits per heavy atom. The van der Waals surface area contributed by atoms with Crippen LogP contribution in [0.15, 0.2) is 24.3 Å². The van der Waals surface area contributed by atoms with Gasteiger partial charge in [0.15, 0.2) is 0 Å². The molecule has 0 heterocycles. The lowest BCUT2D eigenvalue weighted by Crippen LogP contribution is -2.27. The molecule has 3 heteroatoms. The van der Waals surface area contributed by atoms with Crippen LogP contribution in [0.4, 0.5) is 5.69 Å². The first-order chi connectivity index (χ1) is 8.60. The number of benzene rings is 1. The van der Waals surface area contributed by atoms with Gasteiger partial charge in [0, 0.05) is 38.4 Å². The second-order valence-corrected chi connectivity index (χ2v) is 4.64. The average Bonchev–Trinajstić information content (AvgIpc) is 2.43. The smallest absolute Gasteiger partial charge is 0.253 e. The fourth-order valence-corrected chi connectivity index (χ4v) is 1.76. The van der Waals surface area contributed by atoms with E-state index in [2.05, 4.69) is 18.7 Å². The van der Waals surface area contributed by atoms with Crippen LogP contribution in [0.2, 0.25) is 0 Å². The van der Waals surface area contributed by atoms with Crippen LogP contribution < -0.4 is 4.90 Å². The van der Waals surface area contributed by atoms with Crippen molar-refractivity contribution in [1.82, 2.24) is 4.90 Å². The third kappa shape index (κ3) is 3.76. The standard InChI is InChI=1S/C15H24N2O/c1-5-7-12-17(4)15(18)13-8-10-14(11-9-13)16(3)6-2/h8-11H,5-7,12H2,1-4H3. The average molecular weight is 248 g/mol. The molecular formula is C15H24N2O. The summed E-state index contributed by atoms with van der Waals surface area (Å²) in [7, 11) is 3.91. The van der Waals surface area contributed by atoms with Crippen molar-refractivity contribution >= 4 is 11.6 Å². The summed E-state index contributed by atoms with van der Waals surface area (Å²) in [6.07, 6.45) is 2.16. The monoisotopic (exact) mass is 248 g/mol. The second-order valence-electron chi connectivity index (χ2n) is 4.64. The van der Waals surface area contributed by atoms with Crippen molar-refractivity contribution in [3.8, 4) is 0 Å². The summed E-state index contributed by atoms with van der Waals surface area (Å²) in [5.41, 5.74) is 1.91. The molecule has 0 aliphatic carbocycles. The SMILES string of the molecule is CCCCN(C)C(=O)c1ccc(N(C)CC)cc1. The molecule has 0 saturated heterocycles. The Morgan fingerprint density at radius 1 is 1.11 bits per heavy atom. The van der Waals surface area contributed by atoms with Gasteiger partial charge in [0.25, 0.3) is 5.91 Å². The van der Waals surface area contributed by atoms with Crippen LogP contribution in [0.25, 0.3) is 0 Å². The number of hydrogen-bond acceptors (Lipinski definition) is 2. The lowest BCUT2D eigenvalue weighted by Gasteiger charge is -2.19. The van der Waals surface area contributed by atoms with Gasteiger partial charge in [-0.15, -0.1) is 0 Å². The van der Waals surface area contributed by atoms with Crippen molar-refractivity contribution in [2.75, 3.05) is 32.1 Å². The van der Waals surface area contributed by atoms with Gasteiger partial charge in [-0.05, 0) is 37.6 Å². The number of carbonyl (C=O) groups excluding carboxylic acids is 1. The van der Waals surface area contributed by atoms with Gasteiger partial charge in [0.2, 0.25) is 0 Å². The Morgan fingerprint density at radius 3 is 2.22 bits per heavy atom. The van der Waals surface area contributed by atoms with Gasteiger partial charge >= 0.3 is 0 Å². The van der Waals surface area contributed by atoms with Crippen molar-refractivity contribution in [2.24, 2.45) is 0 Å². The molecule has 1 aromatic carbocycles. The number of nitrogens with zero attached hydrogens (tertiary/aromatic N) is 2. The third-order valence-electron chi connectivity index (χ3n) is 3.22. The molecule has 0 bridgehead atoms. The highest BCUT2D eigenvalue weighted by Crippen LogP contribution is 2.14. The molecule has 100 valence electrons. The summed E-state index contributed by atoms with van der Waals surface area (Å²) in [5.74, 6) is 0.106. The molecule has 1 aromatic rings. The molecule has 18 heavy (non-hydrogen) atoms. The number of unbranched alkanes of at least 4 members (excludes halogenated alkanes) is 1. The Balaban J connectivity index is 2.69. The van der Waals surface area contributed by atoms with Crippen molar-refractivity contribution in [3.05, 3.63) is 29.8 Å². The first kappa shape index (κ1) is 14.6. The van der Waals surface area contributed by atoms with Gasteiger partial charge in [-0.25, -0.2) is 0 Å². The van der Waals surface area contributed by atoms with E-state index in [1.54, 1.807) is 4.90 Å². The Hall–Kier alpha value is -1.51. The van der Waals surface area contributed by atoms with E-state index in [4.69, 9.17) is 0 Å². The van der Waals surface area contributed by atoms with Crippen molar-refractivity contribution in [2.45, 2.75) is 26.7 Å². The molecule has 3 nitrogen and oxygen atoms in total. The molecule has 0 N–H and O–H groups in total. The maximum Gasteiger partial charge on any atom is 0.253 e. The summed E-state index contributed by atoms with van der Waals surface area (Å²) in [6, 6.07) is 7.83. The van der Waals surface area contributed by atoms with E-state index in [1.165, 1.54) is 0 Å². The van der Waals surface area contributed by atoms with Crippen LogP contribution in [0, 0.1) is 0 Å². The minimum absolute atomic E-state index is 0.106. The summed E-state index contributed by atoms with van der Waals surface area (Å²) in [4.78, 5) is 16.1. The normalized spacial score (nSPS) is 10.2. The number of rotatable bonds is 6. The van der Waals surface area contributed by atoms with Crippen molar-refractivity contribution < 1.29 is 4.79 Å². The van der Waals surface area contributed by atoms with E-state index in [0.29, 0.717) is 0 Å². The second kappa shape index (κ2) is 7.04. The Kier molecular flexibility index (Phi) is 5.69. The highest BCUT2D eigenvalue weighted by atomic mass is 16.2. The maximum absolute atomic E-state index is 12.1. The van der Waals surface area contributed by atoms with Gasteiger partial charge in [-0.1, -0.05) is 13.3 Å². The summed E-state index contributed by atoms with van der Waals surface area (Å²) < 4.78 is 0. The molecule has 0 fully saturated rings. The molecular weight excluding hydrogens is 224 g/mol. The van der Waals surface area contributed by atoms with Crippen LogP contribution in [0.3, 0.4) is 0 Å². The molecule has 0 spiro atoms. The van der Waals surface area contributed by atoms with E-state index in [9.17, 15) is 4.79 Å². The Labute approximate surface area is 110 Å². The van der Waals surface area contributed by atoms with Crippen LogP contribution in [-0.2, 0) is 0 Å². The van der Waals surface area contributed by atoms with E-state index in [-0.39, 0.29) is 5.91 Å². The first-order valence-corrected chi connectivity index (χ1v) is 6.66. The van der Waals surface area contributed by atoms with Crippen LogP contribution in [-0.4, -0.2) is 38.0 Å². The van der Waals surface area contributed by atoms with Crippen LogP contribution in [0.1, 0.15) is 37.0 Å². The third-order valence-corrected chi connectivity index (χ3v) is 3.22. The first-order valence-electron chi connectivity index (χ1n) is 6.66. The molecule has 1 amide bonds. The molecule has 0 unspecified atom stereocenters. The van der Waals surface area contributed by atoms with E-state index >= 15 is 0 Å². The minimum Gasteiger partial charge on any atom is -0.375 e. The van der Waals surface area contributed by atoms with Gasteiger partial charge in [0.1, 0.15) is 0 Å². The maximum atomic E-state index is 12.1. The largest absolute Gasteiger partial charge is 0.375 e. The molecule has 0 aliphatic heterocycles. The molecule has 0 saturated carbocycles. The predicted molar refractivity (Wildman–Crippen MR) is 77.3 cm³/mol. The predicted octanol–water partition coefficient (Wildman–Crippen LogP) is 3.01. The lowest BCUT2D eigenvalue weighted by molar-refractivity contribution is 0.0793. The molecule has 0 aromatic heterocycles. The van der Waals surface area contributed by atoms with Gasteiger partial charge < -0.3 is 9.80 Å². The highest BCUT2D eigenvalue weighted by molar-refractivity contribution is 5.94. The summed E-state index contributed by atoms with van der Waals surface area (Å²) in [6.45, 7) is 6.03. The zero-order chi connectivity index (χ0) is 13.5. The highest BCUT2D eigenvalue weighted by Gasteiger charge is 2.11.